The Bertz CT molecular complexity index is 241. The summed E-state index contributed by atoms with van der Waals surface area (Å²) in [4.78, 5) is 2.71. The number of nitrogens with one attached hydrogen (secondary N) is 1. The van der Waals surface area contributed by atoms with Crippen LogP contribution in [0.3, 0.4) is 0 Å². The molecule has 2 rings (SSSR count). The lowest BCUT2D eigenvalue weighted by molar-refractivity contribution is 0.0629. The maximum Gasteiger partial charge on any atom is 0.0252 e. The Labute approximate surface area is 101 Å². The summed E-state index contributed by atoms with van der Waals surface area (Å²) in [5, 5.41) is 3.63. The van der Waals surface area contributed by atoms with E-state index >= 15 is 0 Å². The van der Waals surface area contributed by atoms with Crippen LogP contribution in [-0.2, 0) is 0 Å². The van der Waals surface area contributed by atoms with Gasteiger partial charge >= 0.3 is 0 Å². The Hall–Kier alpha value is -0.0800. The molecule has 1 aliphatic heterocycles. The predicted molar refractivity (Wildman–Crippen MR) is 69.7 cm³/mol. The zero-order valence-electron chi connectivity index (χ0n) is 11.5. The highest BCUT2D eigenvalue weighted by molar-refractivity contribution is 4.94. The van der Waals surface area contributed by atoms with Crippen molar-refractivity contribution in [3.8, 4) is 0 Å². The Morgan fingerprint density at radius 3 is 2.44 bits per heavy atom. The molecule has 1 atom stereocenters. The summed E-state index contributed by atoms with van der Waals surface area (Å²) in [5.74, 6) is 0. The lowest BCUT2D eigenvalue weighted by Gasteiger charge is -2.46. The Balaban J connectivity index is 1.96. The molecule has 1 saturated carbocycles. The molecule has 0 bridgehead atoms. The first-order chi connectivity index (χ1) is 7.40. The van der Waals surface area contributed by atoms with E-state index < -0.39 is 0 Å². The van der Waals surface area contributed by atoms with Gasteiger partial charge in [0.2, 0.25) is 0 Å². The molecule has 2 heteroatoms. The molecule has 2 aliphatic rings. The van der Waals surface area contributed by atoms with E-state index in [9.17, 15) is 0 Å². The van der Waals surface area contributed by atoms with Crippen molar-refractivity contribution in [1.29, 1.82) is 0 Å². The molecule has 1 saturated heterocycles. The van der Waals surface area contributed by atoms with Crippen LogP contribution in [0, 0.1) is 5.41 Å². The summed E-state index contributed by atoms with van der Waals surface area (Å²) in [6, 6.07) is 0.699. The summed E-state index contributed by atoms with van der Waals surface area (Å²) in [7, 11) is 0. The quantitative estimate of drug-likeness (QED) is 0.776. The van der Waals surface area contributed by atoms with E-state index in [1.54, 1.807) is 0 Å². The summed E-state index contributed by atoms with van der Waals surface area (Å²) >= 11 is 0. The van der Waals surface area contributed by atoms with E-state index in [0.29, 0.717) is 17.0 Å². The summed E-state index contributed by atoms with van der Waals surface area (Å²) in [6.45, 7) is 13.1. The summed E-state index contributed by atoms with van der Waals surface area (Å²) in [5.41, 5.74) is 0.892. The van der Waals surface area contributed by atoms with Crippen molar-refractivity contribution >= 4 is 0 Å². The molecule has 0 radical (unpaired) electrons. The first-order valence-corrected chi connectivity index (χ1v) is 6.89. The first kappa shape index (κ1) is 12.4. The SMILES string of the molecule is CC1CNC(C)(C)CN1CC1(C)CCCC1. The van der Waals surface area contributed by atoms with E-state index in [0.717, 1.165) is 6.54 Å². The standard InChI is InChI=1S/C14H28N2/c1-12-9-15-13(2,3)10-16(12)11-14(4)7-5-6-8-14/h12,15H,5-11H2,1-4H3. The Kier molecular flexibility index (Phi) is 3.33. The van der Waals surface area contributed by atoms with Gasteiger partial charge < -0.3 is 5.32 Å². The van der Waals surface area contributed by atoms with Gasteiger partial charge in [0, 0.05) is 31.2 Å². The molecular weight excluding hydrogens is 196 g/mol. The molecule has 0 aromatic carbocycles. The second kappa shape index (κ2) is 4.30. The Morgan fingerprint density at radius 1 is 1.19 bits per heavy atom. The minimum absolute atomic E-state index is 0.293. The predicted octanol–water partition coefficient (Wildman–Crippen LogP) is 2.64. The highest BCUT2D eigenvalue weighted by atomic mass is 15.2. The van der Waals surface area contributed by atoms with E-state index in [2.05, 4.69) is 37.9 Å². The lowest BCUT2D eigenvalue weighted by Crippen LogP contribution is -2.62. The molecule has 2 fully saturated rings. The average molecular weight is 224 g/mol. The van der Waals surface area contributed by atoms with Crippen molar-refractivity contribution in [2.75, 3.05) is 19.6 Å². The maximum absolute atomic E-state index is 3.63. The molecular formula is C14H28N2. The summed E-state index contributed by atoms with van der Waals surface area (Å²) < 4.78 is 0. The molecule has 16 heavy (non-hydrogen) atoms. The van der Waals surface area contributed by atoms with Crippen molar-refractivity contribution in [3.63, 3.8) is 0 Å². The third-order valence-electron chi connectivity index (χ3n) is 4.49. The van der Waals surface area contributed by atoms with Gasteiger partial charge in [0.1, 0.15) is 0 Å². The third kappa shape index (κ3) is 2.78. The fourth-order valence-electron chi connectivity index (χ4n) is 3.36. The van der Waals surface area contributed by atoms with Crippen LogP contribution in [0.15, 0.2) is 0 Å². The maximum atomic E-state index is 3.63. The molecule has 0 amide bonds. The van der Waals surface area contributed by atoms with E-state index in [1.807, 2.05) is 0 Å². The minimum atomic E-state index is 0.293. The average Bonchev–Trinajstić information content (AvgIpc) is 2.58. The topological polar surface area (TPSA) is 15.3 Å². The van der Waals surface area contributed by atoms with E-state index in [-0.39, 0.29) is 0 Å². The molecule has 2 nitrogen and oxygen atoms in total. The highest BCUT2D eigenvalue weighted by Crippen LogP contribution is 2.39. The molecule has 0 spiro atoms. The number of hydrogen-bond donors (Lipinski definition) is 1. The van der Waals surface area contributed by atoms with Crippen LogP contribution in [0.4, 0.5) is 0 Å². The molecule has 0 aromatic rings. The lowest BCUT2D eigenvalue weighted by atomic mass is 9.86. The van der Waals surface area contributed by atoms with Crippen molar-refractivity contribution in [2.24, 2.45) is 5.41 Å². The first-order valence-electron chi connectivity index (χ1n) is 6.89. The smallest absolute Gasteiger partial charge is 0.0252 e. The van der Waals surface area contributed by atoms with Crippen LogP contribution in [0.5, 0.6) is 0 Å². The largest absolute Gasteiger partial charge is 0.309 e. The number of nitrogens with zero attached hydrogens (tertiary/aromatic N) is 1. The zero-order valence-corrected chi connectivity index (χ0v) is 11.5. The van der Waals surface area contributed by atoms with Crippen molar-refractivity contribution in [2.45, 2.75) is 65.0 Å². The fourth-order valence-corrected chi connectivity index (χ4v) is 3.36. The van der Waals surface area contributed by atoms with Crippen LogP contribution in [0.2, 0.25) is 0 Å². The Morgan fingerprint density at radius 2 is 1.81 bits per heavy atom. The highest BCUT2D eigenvalue weighted by Gasteiger charge is 2.36. The fraction of sp³-hybridized carbons (Fsp3) is 1.00. The van der Waals surface area contributed by atoms with Gasteiger partial charge in [-0.3, -0.25) is 4.90 Å². The normalized spacial score (nSPS) is 34.1. The van der Waals surface area contributed by atoms with Crippen LogP contribution in [0.1, 0.15) is 53.4 Å². The monoisotopic (exact) mass is 224 g/mol. The van der Waals surface area contributed by atoms with Crippen LogP contribution < -0.4 is 5.32 Å². The van der Waals surface area contributed by atoms with Crippen molar-refractivity contribution in [1.82, 2.24) is 10.2 Å². The second-order valence-corrected chi connectivity index (χ2v) is 7.04. The van der Waals surface area contributed by atoms with Crippen molar-refractivity contribution in [3.05, 3.63) is 0 Å². The van der Waals surface area contributed by atoms with E-state index in [4.69, 9.17) is 0 Å². The molecule has 0 aromatic heterocycles. The van der Waals surface area contributed by atoms with Gasteiger partial charge in [0.05, 0.1) is 0 Å². The number of piperazine rings is 1. The molecule has 1 aliphatic carbocycles. The number of hydrogen-bond acceptors (Lipinski definition) is 2. The van der Waals surface area contributed by atoms with E-state index in [1.165, 1.54) is 38.8 Å². The van der Waals surface area contributed by atoms with Gasteiger partial charge in [-0.1, -0.05) is 19.8 Å². The van der Waals surface area contributed by atoms with Gasteiger partial charge in [-0.05, 0) is 39.0 Å². The molecule has 1 N–H and O–H groups in total. The van der Waals surface area contributed by atoms with Gasteiger partial charge in [0.25, 0.3) is 0 Å². The van der Waals surface area contributed by atoms with Gasteiger partial charge in [-0.25, -0.2) is 0 Å². The summed E-state index contributed by atoms with van der Waals surface area (Å²) in [6.07, 6.45) is 5.76. The molecule has 1 heterocycles. The molecule has 1 unspecified atom stereocenters. The second-order valence-electron chi connectivity index (χ2n) is 7.04. The molecule has 94 valence electrons. The third-order valence-corrected chi connectivity index (χ3v) is 4.49. The number of rotatable bonds is 2. The van der Waals surface area contributed by atoms with Gasteiger partial charge in [-0.15, -0.1) is 0 Å². The van der Waals surface area contributed by atoms with Gasteiger partial charge in [0.15, 0.2) is 0 Å². The van der Waals surface area contributed by atoms with Crippen LogP contribution in [0.25, 0.3) is 0 Å². The zero-order chi connectivity index (χ0) is 11.8. The van der Waals surface area contributed by atoms with Crippen molar-refractivity contribution < 1.29 is 0 Å². The minimum Gasteiger partial charge on any atom is -0.309 e. The van der Waals surface area contributed by atoms with Crippen LogP contribution >= 0.6 is 0 Å². The van der Waals surface area contributed by atoms with Crippen LogP contribution in [-0.4, -0.2) is 36.1 Å². The van der Waals surface area contributed by atoms with Gasteiger partial charge in [-0.2, -0.15) is 0 Å².